The van der Waals surface area contributed by atoms with Crippen LogP contribution in [0.1, 0.15) is 26.7 Å². The molecule has 1 aromatic carbocycles. The van der Waals surface area contributed by atoms with Crippen LogP contribution < -0.4 is 5.73 Å². The maximum Gasteiger partial charge on any atom is 0.0963 e. The molecular weight excluding hydrogens is 296 g/mol. The molecule has 4 heteroatoms. The van der Waals surface area contributed by atoms with Crippen LogP contribution in [0.3, 0.4) is 0 Å². The molecule has 1 aromatic rings. The summed E-state index contributed by atoms with van der Waals surface area (Å²) in [5.74, 6) is 1.35. The predicted octanol–water partition coefficient (Wildman–Crippen LogP) is 4.28. The fourth-order valence-electron chi connectivity index (χ4n) is 1.37. The lowest BCUT2D eigenvalue weighted by Gasteiger charge is -2.22. The molecule has 17 heavy (non-hydrogen) atoms. The van der Waals surface area contributed by atoms with E-state index in [1.54, 1.807) is 0 Å². The summed E-state index contributed by atoms with van der Waals surface area (Å²) >= 11 is 5.27. The number of hydrogen-bond donors (Lipinski definition) is 2. The van der Waals surface area contributed by atoms with E-state index in [4.69, 9.17) is 11.1 Å². The van der Waals surface area contributed by atoms with Crippen LogP contribution in [0.2, 0.25) is 0 Å². The average Bonchev–Trinajstić information content (AvgIpc) is 2.26. The van der Waals surface area contributed by atoms with Crippen LogP contribution in [0.25, 0.3) is 0 Å². The summed E-state index contributed by atoms with van der Waals surface area (Å²) in [5, 5.41) is 7.49. The van der Waals surface area contributed by atoms with Gasteiger partial charge < -0.3 is 5.73 Å². The first-order valence-corrected chi connectivity index (χ1v) is 7.42. The van der Waals surface area contributed by atoms with Crippen molar-refractivity contribution in [1.29, 1.82) is 5.41 Å². The highest BCUT2D eigenvalue weighted by Crippen LogP contribution is 2.26. The van der Waals surface area contributed by atoms with E-state index in [2.05, 4.69) is 40.2 Å². The Kier molecular flexibility index (Phi) is 5.53. The third kappa shape index (κ3) is 5.13. The van der Waals surface area contributed by atoms with E-state index < -0.39 is 0 Å². The lowest BCUT2D eigenvalue weighted by molar-refractivity contribution is 0.464. The second kappa shape index (κ2) is 6.45. The molecular formula is C13H19BrN2S. The molecule has 0 fully saturated rings. The minimum atomic E-state index is -0.166. The van der Waals surface area contributed by atoms with Gasteiger partial charge in [-0.15, -0.1) is 11.8 Å². The highest BCUT2D eigenvalue weighted by atomic mass is 79.9. The molecule has 0 amide bonds. The van der Waals surface area contributed by atoms with E-state index in [0.29, 0.717) is 0 Å². The molecule has 0 spiro atoms. The summed E-state index contributed by atoms with van der Waals surface area (Å²) in [5.41, 5.74) is 5.39. The number of benzene rings is 1. The van der Waals surface area contributed by atoms with Gasteiger partial charge in [0.1, 0.15) is 0 Å². The first-order chi connectivity index (χ1) is 7.92. The Morgan fingerprint density at radius 1 is 1.35 bits per heavy atom. The largest absolute Gasteiger partial charge is 0.387 e. The Balaban J connectivity index is 2.29. The minimum absolute atomic E-state index is 0.166. The van der Waals surface area contributed by atoms with E-state index in [-0.39, 0.29) is 11.3 Å². The van der Waals surface area contributed by atoms with Crippen molar-refractivity contribution in [2.24, 2.45) is 11.1 Å². The Bertz CT molecular complexity index is 374. The van der Waals surface area contributed by atoms with Gasteiger partial charge in [-0.2, -0.15) is 0 Å². The molecule has 1 rings (SSSR count). The van der Waals surface area contributed by atoms with Crippen molar-refractivity contribution in [3.05, 3.63) is 28.7 Å². The molecule has 0 saturated heterocycles. The highest BCUT2D eigenvalue weighted by molar-refractivity contribution is 9.10. The van der Waals surface area contributed by atoms with E-state index in [1.807, 2.05) is 25.6 Å². The maximum atomic E-state index is 7.49. The van der Waals surface area contributed by atoms with E-state index in [1.165, 1.54) is 4.90 Å². The van der Waals surface area contributed by atoms with Crippen LogP contribution in [-0.2, 0) is 0 Å². The van der Waals surface area contributed by atoms with Gasteiger partial charge in [0.05, 0.1) is 5.84 Å². The Labute approximate surface area is 116 Å². The molecule has 94 valence electrons. The SMILES string of the molecule is CC(C)(CCCSc1ccc(Br)cc1)C(=N)N. The average molecular weight is 315 g/mol. The molecule has 0 radical (unpaired) electrons. The summed E-state index contributed by atoms with van der Waals surface area (Å²) in [4.78, 5) is 1.29. The summed E-state index contributed by atoms with van der Waals surface area (Å²) in [6.45, 7) is 4.05. The molecule has 0 atom stereocenters. The van der Waals surface area contributed by atoms with Gasteiger partial charge in [0.15, 0.2) is 0 Å². The second-order valence-electron chi connectivity index (χ2n) is 4.70. The molecule has 3 N–H and O–H groups in total. The minimum Gasteiger partial charge on any atom is -0.387 e. The first kappa shape index (κ1) is 14.6. The fourth-order valence-corrected chi connectivity index (χ4v) is 2.49. The molecule has 0 aromatic heterocycles. The van der Waals surface area contributed by atoms with Crippen LogP contribution in [-0.4, -0.2) is 11.6 Å². The van der Waals surface area contributed by atoms with Crippen molar-refractivity contribution in [2.45, 2.75) is 31.6 Å². The molecule has 0 aliphatic rings. The zero-order chi connectivity index (χ0) is 12.9. The second-order valence-corrected chi connectivity index (χ2v) is 6.79. The number of nitrogens with one attached hydrogen (secondary N) is 1. The van der Waals surface area contributed by atoms with Gasteiger partial charge in [-0.05, 0) is 42.9 Å². The van der Waals surface area contributed by atoms with Crippen LogP contribution >= 0.6 is 27.7 Å². The summed E-state index contributed by atoms with van der Waals surface area (Å²) < 4.78 is 1.11. The molecule has 0 aliphatic heterocycles. The lowest BCUT2D eigenvalue weighted by Crippen LogP contribution is -2.30. The van der Waals surface area contributed by atoms with Gasteiger partial charge in [-0.25, -0.2) is 0 Å². The number of rotatable bonds is 6. The molecule has 0 bridgehead atoms. The summed E-state index contributed by atoms with van der Waals surface area (Å²) in [7, 11) is 0. The van der Waals surface area contributed by atoms with Crippen LogP contribution in [0, 0.1) is 10.8 Å². The number of thioether (sulfide) groups is 1. The molecule has 0 aliphatic carbocycles. The van der Waals surface area contributed by atoms with Crippen molar-refractivity contribution in [1.82, 2.24) is 0 Å². The van der Waals surface area contributed by atoms with Gasteiger partial charge in [-0.3, -0.25) is 5.41 Å². The first-order valence-electron chi connectivity index (χ1n) is 5.65. The van der Waals surface area contributed by atoms with E-state index >= 15 is 0 Å². The fraction of sp³-hybridized carbons (Fsp3) is 0.462. The predicted molar refractivity (Wildman–Crippen MR) is 79.8 cm³/mol. The number of hydrogen-bond acceptors (Lipinski definition) is 2. The lowest BCUT2D eigenvalue weighted by atomic mass is 9.87. The van der Waals surface area contributed by atoms with Crippen molar-refractivity contribution in [3.8, 4) is 0 Å². The number of nitrogens with two attached hydrogens (primary N) is 1. The van der Waals surface area contributed by atoms with Crippen LogP contribution in [0.5, 0.6) is 0 Å². The Hall–Kier alpha value is -0.480. The molecule has 2 nitrogen and oxygen atoms in total. The van der Waals surface area contributed by atoms with Gasteiger partial charge in [0.2, 0.25) is 0 Å². The zero-order valence-corrected chi connectivity index (χ0v) is 12.7. The molecule has 0 saturated carbocycles. The summed E-state index contributed by atoms with van der Waals surface area (Å²) in [6.07, 6.45) is 2.04. The van der Waals surface area contributed by atoms with Crippen LogP contribution in [0.15, 0.2) is 33.6 Å². The van der Waals surface area contributed by atoms with Crippen LogP contribution in [0.4, 0.5) is 0 Å². The monoisotopic (exact) mass is 314 g/mol. The zero-order valence-electron chi connectivity index (χ0n) is 10.3. The van der Waals surface area contributed by atoms with E-state index in [0.717, 1.165) is 23.1 Å². The van der Waals surface area contributed by atoms with Gasteiger partial charge >= 0.3 is 0 Å². The number of amidine groups is 1. The quantitative estimate of drug-likeness (QED) is 0.356. The van der Waals surface area contributed by atoms with Crippen molar-refractivity contribution in [3.63, 3.8) is 0 Å². The topological polar surface area (TPSA) is 49.9 Å². The molecule has 0 unspecified atom stereocenters. The summed E-state index contributed by atoms with van der Waals surface area (Å²) in [6, 6.07) is 8.35. The normalized spacial score (nSPS) is 11.5. The Morgan fingerprint density at radius 3 is 2.47 bits per heavy atom. The molecule has 0 heterocycles. The number of halogens is 1. The van der Waals surface area contributed by atoms with Gasteiger partial charge in [0, 0.05) is 14.8 Å². The maximum absolute atomic E-state index is 7.49. The Morgan fingerprint density at radius 2 is 1.94 bits per heavy atom. The van der Waals surface area contributed by atoms with Gasteiger partial charge in [0.25, 0.3) is 0 Å². The highest BCUT2D eigenvalue weighted by Gasteiger charge is 2.20. The third-order valence-electron chi connectivity index (χ3n) is 2.76. The standard InChI is InChI=1S/C13H19BrN2S/c1-13(2,12(15)16)8-3-9-17-11-6-4-10(14)5-7-11/h4-7H,3,8-9H2,1-2H3,(H3,15,16). The van der Waals surface area contributed by atoms with Crippen molar-refractivity contribution >= 4 is 33.5 Å². The third-order valence-corrected chi connectivity index (χ3v) is 4.38. The van der Waals surface area contributed by atoms with Gasteiger partial charge in [-0.1, -0.05) is 29.8 Å². The van der Waals surface area contributed by atoms with Crippen molar-refractivity contribution in [2.75, 3.05) is 5.75 Å². The smallest absolute Gasteiger partial charge is 0.0963 e. The van der Waals surface area contributed by atoms with E-state index in [9.17, 15) is 0 Å². The van der Waals surface area contributed by atoms with Crippen molar-refractivity contribution < 1.29 is 0 Å².